The predicted molar refractivity (Wildman–Crippen MR) is 44.8 cm³/mol. The highest BCUT2D eigenvalue weighted by Gasteiger charge is 2.28. The van der Waals surface area contributed by atoms with E-state index in [0.29, 0.717) is 4.47 Å². The predicted octanol–water partition coefficient (Wildman–Crippen LogP) is 2.36. The first kappa shape index (κ1) is 7.86. The van der Waals surface area contributed by atoms with Gasteiger partial charge in [-0.3, -0.25) is 0 Å². The fourth-order valence-corrected chi connectivity index (χ4v) is 1.19. The number of carbonyl (C=O) groups is 1. The second-order valence-electron chi connectivity index (χ2n) is 2.70. The minimum absolute atomic E-state index is 0.120. The van der Waals surface area contributed by atoms with Crippen molar-refractivity contribution in [3.8, 4) is 0 Å². The van der Waals surface area contributed by atoms with E-state index >= 15 is 0 Å². The van der Waals surface area contributed by atoms with Crippen molar-refractivity contribution in [3.63, 3.8) is 0 Å². The second-order valence-corrected chi connectivity index (χ2v) is 3.56. The van der Waals surface area contributed by atoms with Gasteiger partial charge < -0.3 is 9.15 Å². The maximum absolute atomic E-state index is 11.2. The zero-order valence-electron chi connectivity index (χ0n) is 6.25. The molecule has 0 radical (unpaired) electrons. The second kappa shape index (κ2) is 2.94. The average molecular weight is 231 g/mol. The van der Waals surface area contributed by atoms with Gasteiger partial charge in [-0.2, -0.15) is 0 Å². The molecule has 4 heteroatoms. The van der Waals surface area contributed by atoms with Crippen molar-refractivity contribution in [2.45, 2.75) is 18.9 Å². The third-order valence-electron chi connectivity index (χ3n) is 1.60. The molecule has 1 aromatic rings. The van der Waals surface area contributed by atoms with Crippen LogP contribution in [0.15, 0.2) is 21.2 Å². The molecule has 0 unspecified atom stereocenters. The van der Waals surface area contributed by atoms with Crippen LogP contribution in [0.3, 0.4) is 0 Å². The van der Waals surface area contributed by atoms with Crippen molar-refractivity contribution in [2.75, 3.05) is 0 Å². The van der Waals surface area contributed by atoms with E-state index in [9.17, 15) is 4.79 Å². The first-order valence-electron chi connectivity index (χ1n) is 3.71. The van der Waals surface area contributed by atoms with Crippen LogP contribution < -0.4 is 0 Å². The molecule has 0 spiro atoms. The van der Waals surface area contributed by atoms with Crippen molar-refractivity contribution in [3.05, 3.63) is 22.6 Å². The fourth-order valence-electron chi connectivity index (χ4n) is 0.830. The molecule has 1 aliphatic carbocycles. The van der Waals surface area contributed by atoms with Crippen LogP contribution in [0.4, 0.5) is 0 Å². The topological polar surface area (TPSA) is 39.4 Å². The molecule has 0 saturated heterocycles. The molecule has 12 heavy (non-hydrogen) atoms. The number of esters is 1. The van der Waals surface area contributed by atoms with Gasteiger partial charge in [-0.25, -0.2) is 4.79 Å². The summed E-state index contributed by atoms with van der Waals surface area (Å²) in [4.78, 5) is 11.2. The third-order valence-corrected chi connectivity index (χ3v) is 2.23. The van der Waals surface area contributed by atoms with E-state index in [2.05, 4.69) is 15.9 Å². The van der Waals surface area contributed by atoms with Crippen LogP contribution in [0.1, 0.15) is 23.4 Å². The Balaban J connectivity index is 2.07. The van der Waals surface area contributed by atoms with E-state index in [-0.39, 0.29) is 17.8 Å². The highest BCUT2D eigenvalue weighted by atomic mass is 79.9. The molecule has 1 heterocycles. The lowest BCUT2D eigenvalue weighted by Gasteiger charge is -1.98. The van der Waals surface area contributed by atoms with Crippen LogP contribution in [0, 0.1) is 0 Å². The summed E-state index contributed by atoms with van der Waals surface area (Å²) in [5.41, 5.74) is 0. The van der Waals surface area contributed by atoms with Crippen LogP contribution in [0.25, 0.3) is 0 Å². The van der Waals surface area contributed by atoms with Gasteiger partial charge in [0.25, 0.3) is 0 Å². The molecule has 0 amide bonds. The standard InChI is InChI=1S/C8H7BrO3/c9-6-3-4-11-7(6)8(10)12-5-1-2-5/h3-5H,1-2H2. The largest absolute Gasteiger partial charge is 0.456 e. The van der Waals surface area contributed by atoms with Gasteiger partial charge in [-0.1, -0.05) is 0 Å². The lowest BCUT2D eigenvalue weighted by Crippen LogP contribution is -2.05. The minimum Gasteiger partial charge on any atom is -0.456 e. The summed E-state index contributed by atoms with van der Waals surface area (Å²) >= 11 is 3.18. The summed E-state index contributed by atoms with van der Waals surface area (Å²) in [7, 11) is 0. The van der Waals surface area contributed by atoms with E-state index in [1.807, 2.05) is 0 Å². The molecule has 0 bridgehead atoms. The number of ether oxygens (including phenoxy) is 1. The summed E-state index contributed by atoms with van der Waals surface area (Å²) in [6.45, 7) is 0. The molecule has 3 nitrogen and oxygen atoms in total. The normalized spacial score (nSPS) is 16.1. The molecular weight excluding hydrogens is 224 g/mol. The van der Waals surface area contributed by atoms with Crippen LogP contribution in [-0.4, -0.2) is 12.1 Å². The van der Waals surface area contributed by atoms with Gasteiger partial charge >= 0.3 is 5.97 Å². The third kappa shape index (κ3) is 1.53. The zero-order valence-corrected chi connectivity index (χ0v) is 7.83. The maximum Gasteiger partial charge on any atom is 0.375 e. The van der Waals surface area contributed by atoms with Crippen molar-refractivity contribution in [2.24, 2.45) is 0 Å². The summed E-state index contributed by atoms with van der Waals surface area (Å²) in [5, 5.41) is 0. The molecule has 64 valence electrons. The van der Waals surface area contributed by atoms with Crippen LogP contribution in [0.5, 0.6) is 0 Å². The molecule has 0 N–H and O–H groups in total. The number of furan rings is 1. The SMILES string of the molecule is O=C(OC1CC1)c1occc1Br. The summed E-state index contributed by atoms with van der Waals surface area (Å²) in [5.74, 6) is -0.128. The van der Waals surface area contributed by atoms with E-state index in [4.69, 9.17) is 9.15 Å². The van der Waals surface area contributed by atoms with E-state index in [1.165, 1.54) is 6.26 Å². The summed E-state index contributed by atoms with van der Waals surface area (Å²) in [6.07, 6.45) is 3.52. The van der Waals surface area contributed by atoms with Gasteiger partial charge in [-0.05, 0) is 34.8 Å². The Hall–Kier alpha value is -0.770. The van der Waals surface area contributed by atoms with Gasteiger partial charge in [0.1, 0.15) is 6.10 Å². The van der Waals surface area contributed by atoms with Gasteiger partial charge in [0, 0.05) is 0 Å². The molecule has 0 aliphatic heterocycles. The molecule has 1 saturated carbocycles. The number of rotatable bonds is 2. The summed E-state index contributed by atoms with van der Waals surface area (Å²) < 4.78 is 10.6. The zero-order chi connectivity index (χ0) is 8.55. The van der Waals surface area contributed by atoms with E-state index in [0.717, 1.165) is 12.8 Å². The quantitative estimate of drug-likeness (QED) is 0.733. The number of carbonyl (C=O) groups excluding carboxylic acids is 1. The van der Waals surface area contributed by atoms with Crippen LogP contribution in [-0.2, 0) is 4.74 Å². The van der Waals surface area contributed by atoms with Gasteiger partial charge in [0.05, 0.1) is 10.7 Å². The Kier molecular flexibility index (Phi) is 1.92. The molecule has 0 atom stereocenters. The van der Waals surface area contributed by atoms with Crippen LogP contribution >= 0.6 is 15.9 Å². The Morgan fingerprint density at radius 1 is 1.67 bits per heavy atom. The van der Waals surface area contributed by atoms with Crippen molar-refractivity contribution in [1.82, 2.24) is 0 Å². The molecule has 0 aromatic carbocycles. The maximum atomic E-state index is 11.2. The number of hydrogen-bond acceptors (Lipinski definition) is 3. The lowest BCUT2D eigenvalue weighted by atomic mass is 10.4. The summed E-state index contributed by atoms with van der Waals surface area (Å²) in [6, 6.07) is 1.67. The monoisotopic (exact) mass is 230 g/mol. The molecule has 1 fully saturated rings. The van der Waals surface area contributed by atoms with Gasteiger partial charge in [0.15, 0.2) is 0 Å². The molecular formula is C8H7BrO3. The first-order valence-corrected chi connectivity index (χ1v) is 4.50. The highest BCUT2D eigenvalue weighted by Crippen LogP contribution is 2.26. The van der Waals surface area contributed by atoms with E-state index < -0.39 is 0 Å². The Morgan fingerprint density at radius 2 is 2.42 bits per heavy atom. The van der Waals surface area contributed by atoms with Crippen LogP contribution in [0.2, 0.25) is 0 Å². The number of hydrogen-bond donors (Lipinski definition) is 0. The van der Waals surface area contributed by atoms with Gasteiger partial charge in [-0.15, -0.1) is 0 Å². The molecule has 1 aromatic heterocycles. The van der Waals surface area contributed by atoms with Gasteiger partial charge in [0.2, 0.25) is 5.76 Å². The highest BCUT2D eigenvalue weighted by molar-refractivity contribution is 9.10. The number of halogens is 1. The molecule has 1 aliphatic rings. The average Bonchev–Trinajstić information content (AvgIpc) is 2.72. The Labute approximate surface area is 77.8 Å². The Morgan fingerprint density at radius 3 is 2.92 bits per heavy atom. The van der Waals surface area contributed by atoms with Crippen molar-refractivity contribution >= 4 is 21.9 Å². The smallest absolute Gasteiger partial charge is 0.375 e. The Bertz CT molecular complexity index is 301. The lowest BCUT2D eigenvalue weighted by molar-refractivity contribution is 0.0434. The van der Waals surface area contributed by atoms with Crippen molar-refractivity contribution < 1.29 is 13.9 Å². The minimum atomic E-state index is -0.380. The van der Waals surface area contributed by atoms with E-state index in [1.54, 1.807) is 6.07 Å². The fraction of sp³-hybridized carbons (Fsp3) is 0.375. The van der Waals surface area contributed by atoms with Crippen molar-refractivity contribution in [1.29, 1.82) is 0 Å². The molecule has 2 rings (SSSR count). The first-order chi connectivity index (χ1) is 5.77.